The molecule has 0 aliphatic rings. The number of anilines is 1. The van der Waals surface area contributed by atoms with Crippen molar-refractivity contribution in [2.24, 2.45) is 0 Å². The molecular formula is C18H21N. The Bertz CT molecular complexity index is 557. The van der Waals surface area contributed by atoms with Crippen molar-refractivity contribution in [3.05, 3.63) is 71.8 Å². The Morgan fingerprint density at radius 3 is 2.42 bits per heavy atom. The van der Waals surface area contributed by atoms with Crippen LogP contribution >= 0.6 is 0 Å². The van der Waals surface area contributed by atoms with E-state index in [0.717, 1.165) is 13.1 Å². The lowest BCUT2D eigenvalue weighted by atomic mass is 10.1. The average molecular weight is 251 g/mol. The molecule has 0 aliphatic carbocycles. The minimum Gasteiger partial charge on any atom is -0.367 e. The Kier molecular flexibility index (Phi) is 4.40. The highest BCUT2D eigenvalue weighted by molar-refractivity contribution is 5.66. The summed E-state index contributed by atoms with van der Waals surface area (Å²) in [5.41, 5.74) is 5.17. The van der Waals surface area contributed by atoms with E-state index < -0.39 is 0 Å². The van der Waals surface area contributed by atoms with Crippen molar-refractivity contribution in [1.82, 2.24) is 0 Å². The highest BCUT2D eigenvalue weighted by Gasteiger charge is 2.09. The van der Waals surface area contributed by atoms with Crippen LogP contribution in [-0.4, -0.2) is 6.54 Å². The van der Waals surface area contributed by atoms with Gasteiger partial charge >= 0.3 is 0 Å². The third kappa shape index (κ3) is 3.05. The molecule has 0 aliphatic heterocycles. The topological polar surface area (TPSA) is 3.24 Å². The first kappa shape index (κ1) is 13.4. The summed E-state index contributed by atoms with van der Waals surface area (Å²) in [7, 11) is 0. The second-order valence-corrected chi connectivity index (χ2v) is 4.70. The van der Waals surface area contributed by atoms with Crippen molar-refractivity contribution in [2.45, 2.75) is 20.4 Å². The van der Waals surface area contributed by atoms with Gasteiger partial charge in [-0.1, -0.05) is 55.1 Å². The smallest absolute Gasteiger partial charge is 0.0442 e. The van der Waals surface area contributed by atoms with Crippen LogP contribution in [0.4, 0.5) is 5.69 Å². The lowest BCUT2D eigenvalue weighted by Crippen LogP contribution is -2.23. The predicted octanol–water partition coefficient (Wildman–Crippen LogP) is 4.66. The highest BCUT2D eigenvalue weighted by Crippen LogP contribution is 2.23. The van der Waals surface area contributed by atoms with Crippen LogP contribution < -0.4 is 4.90 Å². The molecule has 0 amide bonds. The summed E-state index contributed by atoms with van der Waals surface area (Å²) in [6, 6.07) is 17.0. The van der Waals surface area contributed by atoms with Crippen molar-refractivity contribution in [3.63, 3.8) is 0 Å². The number of para-hydroxylation sites is 1. The minimum atomic E-state index is 0.939. The number of benzene rings is 2. The molecule has 2 aromatic carbocycles. The van der Waals surface area contributed by atoms with Crippen molar-refractivity contribution < 1.29 is 0 Å². The summed E-state index contributed by atoms with van der Waals surface area (Å²) >= 11 is 0. The maximum absolute atomic E-state index is 3.91. The number of nitrogens with zero attached hydrogens (tertiary/aromatic N) is 1. The Balaban J connectivity index is 2.30. The molecule has 0 atom stereocenters. The van der Waals surface area contributed by atoms with E-state index >= 15 is 0 Å². The molecule has 0 radical (unpaired) electrons. The SMILES string of the molecule is C=Cc1ccccc1N(CC)Cc1ccccc1C. The highest BCUT2D eigenvalue weighted by atomic mass is 15.1. The van der Waals surface area contributed by atoms with E-state index in [1.165, 1.54) is 22.4 Å². The molecule has 0 N–H and O–H groups in total. The number of aryl methyl sites for hydroxylation is 1. The van der Waals surface area contributed by atoms with Gasteiger partial charge in [0.1, 0.15) is 0 Å². The summed E-state index contributed by atoms with van der Waals surface area (Å²) in [6.45, 7) is 10.2. The van der Waals surface area contributed by atoms with Gasteiger partial charge in [-0.05, 0) is 36.6 Å². The third-order valence-electron chi connectivity index (χ3n) is 3.50. The summed E-state index contributed by atoms with van der Waals surface area (Å²) in [5, 5.41) is 0. The standard InChI is InChI=1S/C18H21N/c1-4-16-11-8-9-13-18(16)19(5-2)14-17-12-7-6-10-15(17)3/h4,6-13H,1,5,14H2,2-3H3. The first-order valence-corrected chi connectivity index (χ1v) is 6.77. The predicted molar refractivity (Wildman–Crippen MR) is 84.4 cm³/mol. The van der Waals surface area contributed by atoms with Crippen molar-refractivity contribution in [1.29, 1.82) is 0 Å². The maximum atomic E-state index is 3.91. The molecule has 0 saturated carbocycles. The molecule has 1 heteroatoms. The molecule has 0 fully saturated rings. The van der Waals surface area contributed by atoms with Gasteiger partial charge in [0, 0.05) is 18.8 Å². The van der Waals surface area contributed by atoms with E-state index in [1.54, 1.807) is 0 Å². The average Bonchev–Trinajstić information content (AvgIpc) is 2.46. The summed E-state index contributed by atoms with van der Waals surface area (Å²) in [4.78, 5) is 2.39. The normalized spacial score (nSPS) is 10.2. The molecule has 2 rings (SSSR count). The largest absolute Gasteiger partial charge is 0.367 e. The van der Waals surface area contributed by atoms with Gasteiger partial charge in [-0.2, -0.15) is 0 Å². The number of rotatable bonds is 5. The second kappa shape index (κ2) is 6.24. The van der Waals surface area contributed by atoms with E-state index in [1.807, 2.05) is 6.08 Å². The summed E-state index contributed by atoms with van der Waals surface area (Å²) < 4.78 is 0. The van der Waals surface area contributed by atoms with Crippen LogP contribution in [0.25, 0.3) is 6.08 Å². The Morgan fingerprint density at radius 2 is 1.74 bits per heavy atom. The molecule has 0 aromatic heterocycles. The van der Waals surface area contributed by atoms with Gasteiger partial charge in [0.15, 0.2) is 0 Å². The van der Waals surface area contributed by atoms with E-state index in [-0.39, 0.29) is 0 Å². The zero-order chi connectivity index (χ0) is 13.7. The molecule has 1 nitrogen and oxygen atoms in total. The molecule has 0 unspecified atom stereocenters. The summed E-state index contributed by atoms with van der Waals surface area (Å²) in [6.07, 6.45) is 1.93. The van der Waals surface area contributed by atoms with E-state index in [9.17, 15) is 0 Å². The van der Waals surface area contributed by atoms with Gasteiger partial charge in [0.25, 0.3) is 0 Å². The van der Waals surface area contributed by atoms with Crippen LogP contribution in [0, 0.1) is 6.92 Å². The summed E-state index contributed by atoms with van der Waals surface area (Å²) in [5.74, 6) is 0. The molecule has 0 heterocycles. The molecule has 2 aromatic rings. The fourth-order valence-corrected chi connectivity index (χ4v) is 2.31. The molecule has 0 saturated heterocycles. The van der Waals surface area contributed by atoms with Gasteiger partial charge in [-0.25, -0.2) is 0 Å². The zero-order valence-corrected chi connectivity index (χ0v) is 11.8. The first-order valence-electron chi connectivity index (χ1n) is 6.77. The van der Waals surface area contributed by atoms with Crippen LogP contribution in [0.1, 0.15) is 23.6 Å². The number of hydrogen-bond acceptors (Lipinski definition) is 1. The van der Waals surface area contributed by atoms with Gasteiger partial charge in [-0.15, -0.1) is 0 Å². The van der Waals surface area contributed by atoms with Crippen LogP contribution in [0.5, 0.6) is 0 Å². The second-order valence-electron chi connectivity index (χ2n) is 4.70. The maximum Gasteiger partial charge on any atom is 0.0442 e. The van der Waals surface area contributed by atoms with Crippen LogP contribution in [0.15, 0.2) is 55.1 Å². The molecule has 98 valence electrons. The lowest BCUT2D eigenvalue weighted by Gasteiger charge is -2.25. The third-order valence-corrected chi connectivity index (χ3v) is 3.50. The fourth-order valence-electron chi connectivity index (χ4n) is 2.31. The van der Waals surface area contributed by atoms with Gasteiger partial charge < -0.3 is 4.90 Å². The Hall–Kier alpha value is -2.02. The number of hydrogen-bond donors (Lipinski definition) is 0. The molecule has 19 heavy (non-hydrogen) atoms. The first-order chi connectivity index (χ1) is 9.26. The molecule has 0 spiro atoms. The molecular weight excluding hydrogens is 230 g/mol. The van der Waals surface area contributed by atoms with Crippen molar-refractivity contribution >= 4 is 11.8 Å². The van der Waals surface area contributed by atoms with E-state index in [2.05, 4.69) is 73.9 Å². The van der Waals surface area contributed by atoms with E-state index in [4.69, 9.17) is 0 Å². The van der Waals surface area contributed by atoms with Gasteiger partial charge in [0.2, 0.25) is 0 Å². The Labute approximate surface area is 116 Å². The zero-order valence-electron chi connectivity index (χ0n) is 11.8. The van der Waals surface area contributed by atoms with Crippen LogP contribution in [0.3, 0.4) is 0 Å². The molecule has 0 bridgehead atoms. The van der Waals surface area contributed by atoms with Crippen LogP contribution in [0.2, 0.25) is 0 Å². The minimum absolute atomic E-state index is 0.939. The van der Waals surface area contributed by atoms with Crippen molar-refractivity contribution in [2.75, 3.05) is 11.4 Å². The van der Waals surface area contributed by atoms with Crippen LogP contribution in [-0.2, 0) is 6.54 Å². The lowest BCUT2D eigenvalue weighted by molar-refractivity contribution is 0.826. The van der Waals surface area contributed by atoms with Gasteiger partial charge in [0.05, 0.1) is 0 Å². The monoisotopic (exact) mass is 251 g/mol. The fraction of sp³-hybridized carbons (Fsp3) is 0.222. The van der Waals surface area contributed by atoms with E-state index in [0.29, 0.717) is 0 Å². The quantitative estimate of drug-likeness (QED) is 0.746. The van der Waals surface area contributed by atoms with Crippen molar-refractivity contribution in [3.8, 4) is 0 Å². The Morgan fingerprint density at radius 1 is 1.05 bits per heavy atom. The van der Waals surface area contributed by atoms with Gasteiger partial charge in [-0.3, -0.25) is 0 Å².